The number of aromatic nitrogens is 2. The molecule has 25 heavy (non-hydrogen) atoms. The Morgan fingerprint density at radius 2 is 1.96 bits per heavy atom. The highest BCUT2D eigenvalue weighted by Crippen LogP contribution is 2.21. The second-order valence-electron chi connectivity index (χ2n) is 7.34. The van der Waals surface area contributed by atoms with Gasteiger partial charge in [0.05, 0.1) is 6.20 Å². The molecule has 0 bridgehead atoms. The monoisotopic (exact) mass is 339 g/mol. The van der Waals surface area contributed by atoms with E-state index in [1.54, 1.807) is 0 Å². The van der Waals surface area contributed by atoms with Gasteiger partial charge in [0.2, 0.25) is 0 Å². The van der Waals surface area contributed by atoms with Crippen molar-refractivity contribution in [1.29, 1.82) is 0 Å². The molecule has 4 rings (SSSR count). The molecular formula is C20H29N5. The highest BCUT2D eigenvalue weighted by molar-refractivity contribution is 5.48. The number of nitrogens with one attached hydrogen (secondary N) is 2. The van der Waals surface area contributed by atoms with Crippen LogP contribution in [0.3, 0.4) is 0 Å². The minimum atomic E-state index is 0.618. The fraction of sp³-hybridized carbons (Fsp3) is 0.550. The van der Waals surface area contributed by atoms with Crippen LogP contribution in [0, 0.1) is 5.92 Å². The lowest BCUT2D eigenvalue weighted by Crippen LogP contribution is -2.45. The van der Waals surface area contributed by atoms with E-state index in [4.69, 9.17) is 0 Å². The summed E-state index contributed by atoms with van der Waals surface area (Å²) in [5.41, 5.74) is 2.79. The van der Waals surface area contributed by atoms with Crippen LogP contribution in [-0.2, 0) is 13.0 Å². The first-order valence-corrected chi connectivity index (χ1v) is 9.65. The van der Waals surface area contributed by atoms with Gasteiger partial charge in [0.1, 0.15) is 5.82 Å². The van der Waals surface area contributed by atoms with Crippen LogP contribution in [0.25, 0.3) is 0 Å². The summed E-state index contributed by atoms with van der Waals surface area (Å²) in [6.07, 6.45) is 5.44. The van der Waals surface area contributed by atoms with Crippen LogP contribution in [0.2, 0.25) is 0 Å². The maximum absolute atomic E-state index is 4.38. The Labute approximate surface area is 150 Å². The zero-order valence-corrected chi connectivity index (χ0v) is 15.1. The number of aryl methyl sites for hydroxylation is 1. The maximum Gasteiger partial charge on any atom is 0.124 e. The van der Waals surface area contributed by atoms with Gasteiger partial charge in [-0.15, -0.1) is 0 Å². The lowest BCUT2D eigenvalue weighted by atomic mass is 10.0. The van der Waals surface area contributed by atoms with Gasteiger partial charge >= 0.3 is 0 Å². The highest BCUT2D eigenvalue weighted by Gasteiger charge is 2.22. The van der Waals surface area contributed by atoms with Crippen molar-refractivity contribution in [3.8, 4) is 0 Å². The standard InChI is InChI=1S/C20H29N5/c1-2-16-3-5-19(6-4-16)24-11-8-18(9-12-24)21-13-17-14-22-20-7-10-23-25(20)15-17/h3-7,10,17-18,21-22H,2,8-9,11-15H2,1H3/t17-/m0/s1. The van der Waals surface area contributed by atoms with E-state index in [1.807, 2.05) is 12.3 Å². The predicted octanol–water partition coefficient (Wildman–Crippen LogP) is 2.75. The molecule has 0 aliphatic carbocycles. The second-order valence-corrected chi connectivity index (χ2v) is 7.34. The Morgan fingerprint density at radius 3 is 2.72 bits per heavy atom. The Bertz CT molecular complexity index is 670. The molecule has 2 aromatic rings. The summed E-state index contributed by atoms with van der Waals surface area (Å²) in [5, 5.41) is 11.6. The smallest absolute Gasteiger partial charge is 0.124 e. The van der Waals surface area contributed by atoms with E-state index >= 15 is 0 Å². The van der Waals surface area contributed by atoms with Crippen molar-refractivity contribution in [3.63, 3.8) is 0 Å². The molecule has 5 nitrogen and oxygen atoms in total. The molecule has 0 radical (unpaired) electrons. The average molecular weight is 339 g/mol. The van der Waals surface area contributed by atoms with Gasteiger partial charge in [-0.3, -0.25) is 0 Å². The molecule has 2 aliphatic rings. The van der Waals surface area contributed by atoms with Gasteiger partial charge < -0.3 is 15.5 Å². The second kappa shape index (κ2) is 7.48. The SMILES string of the molecule is CCc1ccc(N2CCC(NC[C@H]3CNc4ccnn4C3)CC2)cc1. The lowest BCUT2D eigenvalue weighted by molar-refractivity contribution is 0.342. The van der Waals surface area contributed by atoms with Crippen molar-refractivity contribution >= 4 is 11.5 Å². The summed E-state index contributed by atoms with van der Waals surface area (Å²) in [6.45, 7) is 7.64. The molecule has 0 amide bonds. The Morgan fingerprint density at radius 1 is 1.16 bits per heavy atom. The fourth-order valence-electron chi connectivity index (χ4n) is 3.94. The van der Waals surface area contributed by atoms with E-state index in [9.17, 15) is 0 Å². The molecule has 0 saturated carbocycles. The van der Waals surface area contributed by atoms with E-state index in [1.165, 1.54) is 24.1 Å². The molecule has 5 heteroatoms. The van der Waals surface area contributed by atoms with Crippen LogP contribution < -0.4 is 15.5 Å². The molecule has 2 aliphatic heterocycles. The summed E-state index contributed by atoms with van der Waals surface area (Å²) in [4.78, 5) is 2.52. The van der Waals surface area contributed by atoms with Gasteiger partial charge in [-0.2, -0.15) is 5.10 Å². The molecule has 1 atom stereocenters. The zero-order chi connectivity index (χ0) is 17.1. The van der Waals surface area contributed by atoms with Crippen LogP contribution in [0.5, 0.6) is 0 Å². The topological polar surface area (TPSA) is 45.1 Å². The lowest BCUT2D eigenvalue weighted by Gasteiger charge is -2.35. The Hall–Kier alpha value is -2.01. The summed E-state index contributed by atoms with van der Waals surface area (Å²) >= 11 is 0. The predicted molar refractivity (Wildman–Crippen MR) is 103 cm³/mol. The number of hydrogen-bond acceptors (Lipinski definition) is 4. The Balaban J connectivity index is 1.22. The highest BCUT2D eigenvalue weighted by atomic mass is 15.3. The van der Waals surface area contributed by atoms with Crippen LogP contribution >= 0.6 is 0 Å². The minimum Gasteiger partial charge on any atom is -0.371 e. The number of piperidine rings is 1. The number of rotatable bonds is 5. The largest absolute Gasteiger partial charge is 0.371 e. The van der Waals surface area contributed by atoms with E-state index < -0.39 is 0 Å². The van der Waals surface area contributed by atoms with Gasteiger partial charge in [0, 0.05) is 56.4 Å². The summed E-state index contributed by atoms with van der Waals surface area (Å²) in [5.74, 6) is 1.77. The number of nitrogens with zero attached hydrogens (tertiary/aromatic N) is 3. The van der Waals surface area contributed by atoms with Gasteiger partial charge in [0.25, 0.3) is 0 Å². The average Bonchev–Trinajstić information content (AvgIpc) is 3.15. The number of benzene rings is 1. The van der Waals surface area contributed by atoms with Gasteiger partial charge in [-0.25, -0.2) is 4.68 Å². The minimum absolute atomic E-state index is 0.618. The first-order valence-electron chi connectivity index (χ1n) is 9.65. The fourth-order valence-corrected chi connectivity index (χ4v) is 3.94. The first kappa shape index (κ1) is 16.5. The quantitative estimate of drug-likeness (QED) is 0.879. The van der Waals surface area contributed by atoms with E-state index in [0.29, 0.717) is 12.0 Å². The van der Waals surface area contributed by atoms with Crippen LogP contribution in [0.15, 0.2) is 36.5 Å². The molecule has 3 heterocycles. The summed E-state index contributed by atoms with van der Waals surface area (Å²) in [7, 11) is 0. The number of anilines is 2. The summed E-state index contributed by atoms with van der Waals surface area (Å²) < 4.78 is 2.08. The molecule has 1 fully saturated rings. The van der Waals surface area contributed by atoms with Gasteiger partial charge in [-0.1, -0.05) is 19.1 Å². The number of fused-ring (bicyclic) bond motifs is 1. The third-order valence-corrected chi connectivity index (χ3v) is 5.62. The van der Waals surface area contributed by atoms with Gasteiger partial charge in [-0.05, 0) is 37.0 Å². The third-order valence-electron chi connectivity index (χ3n) is 5.62. The van der Waals surface area contributed by atoms with Crippen molar-refractivity contribution in [2.24, 2.45) is 5.92 Å². The van der Waals surface area contributed by atoms with Crippen molar-refractivity contribution in [3.05, 3.63) is 42.1 Å². The molecule has 1 saturated heterocycles. The summed E-state index contributed by atoms with van der Waals surface area (Å²) in [6, 6.07) is 11.8. The van der Waals surface area contributed by atoms with Gasteiger partial charge in [0.15, 0.2) is 0 Å². The molecule has 0 unspecified atom stereocenters. The van der Waals surface area contributed by atoms with E-state index in [0.717, 1.165) is 45.0 Å². The van der Waals surface area contributed by atoms with Crippen LogP contribution in [-0.4, -0.2) is 42.0 Å². The molecule has 134 valence electrons. The third kappa shape index (κ3) is 3.82. The molecule has 2 N–H and O–H groups in total. The van der Waals surface area contributed by atoms with Crippen molar-refractivity contribution in [1.82, 2.24) is 15.1 Å². The van der Waals surface area contributed by atoms with Crippen molar-refractivity contribution in [2.75, 3.05) is 36.4 Å². The molecular weight excluding hydrogens is 310 g/mol. The van der Waals surface area contributed by atoms with Crippen LogP contribution in [0.1, 0.15) is 25.3 Å². The molecule has 1 aromatic carbocycles. The van der Waals surface area contributed by atoms with E-state index in [-0.39, 0.29) is 0 Å². The maximum atomic E-state index is 4.38. The number of hydrogen-bond donors (Lipinski definition) is 2. The van der Waals surface area contributed by atoms with Crippen molar-refractivity contribution in [2.45, 2.75) is 38.8 Å². The van der Waals surface area contributed by atoms with Crippen LogP contribution in [0.4, 0.5) is 11.5 Å². The molecule has 1 aromatic heterocycles. The van der Waals surface area contributed by atoms with Crippen molar-refractivity contribution < 1.29 is 0 Å². The normalized spacial score (nSPS) is 21.0. The van der Waals surface area contributed by atoms with E-state index in [2.05, 4.69) is 56.5 Å². The molecule has 0 spiro atoms. The first-order chi connectivity index (χ1) is 12.3. The Kier molecular flexibility index (Phi) is 4.92. The zero-order valence-electron chi connectivity index (χ0n) is 15.1.